The molecule has 0 saturated carbocycles. The predicted molar refractivity (Wildman–Crippen MR) is 437 cm³/mol. The van der Waals surface area contributed by atoms with Crippen molar-refractivity contribution in [3.05, 3.63) is 145 Å². The molecule has 8 aliphatic rings. The number of carbonyl (C=O) groups is 9. The predicted octanol–water partition coefficient (Wildman–Crippen LogP) is 1.99. The molecule has 3 saturated heterocycles. The molecule has 8 aliphatic heterocycles. The van der Waals surface area contributed by atoms with Gasteiger partial charge >= 0.3 is 6.03 Å². The molecule has 39 nitrogen and oxygen atoms in total. The number of nitrogens with one attached hydrogen (secondary N) is 11. The Labute approximate surface area is 722 Å². The lowest BCUT2D eigenvalue weighted by Crippen LogP contribution is -2.66. The molecular formula is C80H94Cl4N14O25. The lowest BCUT2D eigenvalue weighted by atomic mass is 9.85. The summed E-state index contributed by atoms with van der Waals surface area (Å²) in [5, 5.41) is 132. The number of hydrazine groups is 1. The Morgan fingerprint density at radius 3 is 1.93 bits per heavy atom. The third-order valence-electron chi connectivity index (χ3n) is 21.7. The first kappa shape index (κ1) is 91.9. The number of hydroxylamine groups is 1. The van der Waals surface area contributed by atoms with Crippen LogP contribution in [0.15, 0.2) is 97.1 Å². The number of nitrogens with two attached hydrogens (primary N) is 1. The van der Waals surface area contributed by atoms with Crippen molar-refractivity contribution in [2.75, 3.05) is 65.3 Å². The van der Waals surface area contributed by atoms with E-state index in [0.717, 1.165) is 67.8 Å². The number of hydrogen-bond donors (Lipinski definition) is 21. The van der Waals surface area contributed by atoms with Crippen molar-refractivity contribution in [1.29, 1.82) is 0 Å². The number of primary amides is 1. The summed E-state index contributed by atoms with van der Waals surface area (Å²) in [6, 6.07) is 3.99. The van der Waals surface area contributed by atoms with Gasteiger partial charge in [-0.3, -0.25) is 53.5 Å². The van der Waals surface area contributed by atoms with Gasteiger partial charge in [0.05, 0.1) is 48.4 Å². The second-order valence-electron chi connectivity index (χ2n) is 30.9. The summed E-state index contributed by atoms with van der Waals surface area (Å²) in [4.78, 5) is 139. The summed E-state index contributed by atoms with van der Waals surface area (Å²) in [7, 11) is 2.52. The number of aliphatic hydroxyl groups excluding tert-OH is 6. The Kier molecular flexibility index (Phi) is 29.4. The van der Waals surface area contributed by atoms with Gasteiger partial charge in [0.15, 0.2) is 23.9 Å². The van der Waals surface area contributed by atoms with Crippen LogP contribution >= 0.6 is 46.4 Å². The lowest BCUT2D eigenvalue weighted by molar-refractivity contribution is -0.334. The van der Waals surface area contributed by atoms with Crippen molar-refractivity contribution in [2.45, 2.75) is 156 Å². The number of phenolic OH excluding ortho intramolecular Hbond substituents is 3. The first-order valence-corrected chi connectivity index (χ1v) is 40.5. The zero-order chi connectivity index (χ0) is 88.9. The van der Waals surface area contributed by atoms with Crippen LogP contribution in [-0.4, -0.2) is 248 Å². The van der Waals surface area contributed by atoms with Crippen LogP contribution in [0.4, 0.5) is 10.5 Å². The van der Waals surface area contributed by atoms with Gasteiger partial charge in [0.2, 0.25) is 53.4 Å². The van der Waals surface area contributed by atoms with Gasteiger partial charge in [-0.15, -0.1) is 0 Å². The number of benzene rings is 6. The number of carbonyl (C=O) groups excluding carboxylic acids is 9. The Morgan fingerprint density at radius 2 is 1.32 bits per heavy atom. The zero-order valence-electron chi connectivity index (χ0n) is 66.7. The molecular weight excluding hydrogens is 1700 g/mol. The first-order chi connectivity index (χ1) is 58.4. The molecule has 123 heavy (non-hydrogen) atoms. The molecule has 6 aromatic carbocycles. The number of halogens is 4. The van der Waals surface area contributed by atoms with Gasteiger partial charge in [0.1, 0.15) is 95.5 Å². The van der Waals surface area contributed by atoms with Crippen LogP contribution in [0, 0.1) is 5.92 Å². The number of aromatic hydroxyl groups is 3. The van der Waals surface area contributed by atoms with E-state index in [1.807, 2.05) is 13.8 Å². The van der Waals surface area contributed by atoms with E-state index in [-0.39, 0.29) is 52.8 Å². The standard InChI is InChI=1S/C80H94Cl4N14O25/c1-33(2)19-47(86-5)71(109)93-62-64(104)36-8-11-51(45(83)21-36)119-53-23-38-24-54(68(53)123-78-69(67(107)66(106)55(32-99)121-78)122-57-31-80(4,70(108)34(3)118-57)87-13-14-97-15-17-98(18-16-97)95-79(116)88-41-26-39(81)25-40(82)27-41)120-52-12-9-37(22-46(52)84)65(105)63-76(114)92-61(77(115)96-117-6)44-28-42(100)29-50(102)58(44)43-20-35(7-10-49(43)101)59(73(111)94-63)91-74(112)60(38)90-72(110)48(30-56(85)103)89-75(62)113/h7-12,20-29,33-34,47-48,55,57,59-67,69-70,78,86-87,99-102,104-108H,13-19,30-32H2,1-6H3,(H2,85,103)(H,89,113)(H,90,110)(H,91,112)(H,92,114)(H,93,109)(H,94,111)(H,96,115)(H2,88,95,116)/t34-,47+,48-,55+,57-,59+,60+,61+,62+,63-,64+,65+,66+,67-,69+,70+,78-,80-/m0/s1. The number of rotatable bonds is 20. The number of anilines is 1. The van der Waals surface area contributed by atoms with Crippen LogP contribution in [-0.2, 0) is 57.4 Å². The number of nitrogens with zero attached hydrogens (tertiary/aromatic N) is 2. The molecule has 18 atom stereocenters. The van der Waals surface area contributed by atoms with Gasteiger partial charge in [-0.1, -0.05) is 78.5 Å². The van der Waals surface area contributed by atoms with Crippen molar-refractivity contribution in [2.24, 2.45) is 11.7 Å². The maximum Gasteiger partial charge on any atom is 0.333 e. The smallest absolute Gasteiger partial charge is 0.333 e. The van der Waals surface area contributed by atoms with E-state index in [2.05, 4.69) is 63.7 Å². The summed E-state index contributed by atoms with van der Waals surface area (Å²) in [5.74, 6) is -15.2. The third kappa shape index (κ3) is 21.2. The number of aliphatic hydroxyl groups is 6. The summed E-state index contributed by atoms with van der Waals surface area (Å²) < 4.78 is 39.6. The highest BCUT2D eigenvalue weighted by Crippen LogP contribution is 2.50. The number of urea groups is 1. The van der Waals surface area contributed by atoms with E-state index >= 15 is 24.0 Å². The summed E-state index contributed by atoms with van der Waals surface area (Å²) in [5.41, 5.74) is 7.27. The molecule has 6 aromatic rings. The minimum atomic E-state index is -2.37. The van der Waals surface area contributed by atoms with E-state index in [9.17, 15) is 65.1 Å². The molecule has 14 rings (SSSR count). The average molecular weight is 1790 g/mol. The molecule has 3 fully saturated rings. The fourth-order valence-corrected chi connectivity index (χ4v) is 16.3. The molecule has 10 amide bonds. The van der Waals surface area contributed by atoms with E-state index in [0.29, 0.717) is 48.5 Å². The monoisotopic (exact) mass is 1790 g/mol. The minimum Gasteiger partial charge on any atom is -0.508 e. The van der Waals surface area contributed by atoms with Crippen LogP contribution in [0.3, 0.4) is 0 Å². The zero-order valence-corrected chi connectivity index (χ0v) is 69.8. The van der Waals surface area contributed by atoms with Gasteiger partial charge in [0, 0.05) is 84.2 Å². The Balaban J connectivity index is 0.981. The van der Waals surface area contributed by atoms with Crippen molar-refractivity contribution in [1.82, 2.24) is 63.3 Å². The topological polar surface area (TPSA) is 565 Å². The molecule has 43 heteroatoms. The maximum absolute atomic E-state index is 16.3. The normalized spacial score (nSPS) is 27.2. The number of piperazine rings is 1. The molecule has 0 spiro atoms. The van der Waals surface area contributed by atoms with Crippen LogP contribution in [0.2, 0.25) is 20.1 Å². The molecule has 662 valence electrons. The van der Waals surface area contributed by atoms with Crippen molar-refractivity contribution >= 4 is 105 Å². The highest BCUT2D eigenvalue weighted by molar-refractivity contribution is 6.35. The molecule has 0 aliphatic carbocycles. The fraction of sp³-hybridized carbons (Fsp3) is 0.438. The Morgan fingerprint density at radius 1 is 0.691 bits per heavy atom. The van der Waals surface area contributed by atoms with E-state index in [1.165, 1.54) is 31.3 Å². The van der Waals surface area contributed by atoms with Gasteiger partial charge < -0.3 is 128 Å². The minimum absolute atomic E-state index is 0.112. The first-order valence-electron chi connectivity index (χ1n) is 38.9. The molecule has 0 unspecified atom stereocenters. The van der Waals surface area contributed by atoms with Crippen molar-refractivity contribution in [3.63, 3.8) is 0 Å². The van der Waals surface area contributed by atoms with E-state index < -0.39 is 243 Å². The van der Waals surface area contributed by atoms with Gasteiger partial charge in [-0.05, 0) is 134 Å². The van der Waals surface area contributed by atoms with Crippen LogP contribution in [0.5, 0.6) is 46.0 Å². The van der Waals surface area contributed by atoms with Crippen LogP contribution in [0.25, 0.3) is 11.1 Å². The maximum atomic E-state index is 16.3. The summed E-state index contributed by atoms with van der Waals surface area (Å²) >= 11 is 26.6. The van der Waals surface area contributed by atoms with Crippen LogP contribution < -0.4 is 78.7 Å². The van der Waals surface area contributed by atoms with E-state index in [1.54, 1.807) is 31.0 Å². The quantitative estimate of drug-likeness (QED) is 0.0486. The van der Waals surface area contributed by atoms with E-state index in [4.69, 9.17) is 85.4 Å². The highest BCUT2D eigenvalue weighted by atomic mass is 35.5. The average Bonchev–Trinajstić information content (AvgIpc) is 0.765. The van der Waals surface area contributed by atoms with Gasteiger partial charge in [-0.2, -0.15) is 0 Å². The Hall–Kier alpha value is -10.2. The second-order valence-corrected chi connectivity index (χ2v) is 32.6. The van der Waals surface area contributed by atoms with Gasteiger partial charge in [-0.25, -0.2) is 15.3 Å². The lowest BCUT2D eigenvalue weighted by Gasteiger charge is -2.48. The number of phenols is 3. The molecule has 11 bridgehead atoms. The van der Waals surface area contributed by atoms with Crippen LogP contribution in [0.1, 0.15) is 105 Å². The summed E-state index contributed by atoms with van der Waals surface area (Å²) in [6.07, 6.45) is -18.8. The number of ether oxygens (including phenoxy) is 6. The van der Waals surface area contributed by atoms with Gasteiger partial charge in [0.25, 0.3) is 5.91 Å². The highest BCUT2D eigenvalue weighted by Gasteiger charge is 2.52. The second kappa shape index (κ2) is 39.3. The molecule has 0 aromatic heterocycles. The number of amides is 10. The van der Waals surface area contributed by atoms with Crippen molar-refractivity contribution < 1.29 is 122 Å². The number of fused-ring (bicyclic) bond motifs is 15. The number of likely N-dealkylation sites (N-methyl/N-ethyl adjacent to an activating group) is 1. The summed E-state index contributed by atoms with van der Waals surface area (Å²) in [6.45, 7) is 8.53. The number of hydrogen-bond acceptors (Lipinski definition) is 29. The molecule has 22 N–H and O–H groups in total. The molecule has 8 heterocycles. The Bertz CT molecular complexity index is 4980. The third-order valence-corrected chi connectivity index (χ3v) is 22.7. The van der Waals surface area contributed by atoms with Crippen molar-refractivity contribution in [3.8, 4) is 57.1 Å². The largest absolute Gasteiger partial charge is 0.508 e. The SMILES string of the molecule is CN[C@H](CC(C)C)C(=O)N[C@H]1C(=O)N[C@@H](CC(N)=O)C(=O)N[C@H]2C(=O)N[C@H]3C(=O)N[C@H](C(=O)N[C@@H](C(=O)NOC)c4cc(O)cc(O)c4-c4cc3ccc4O)[C@H](O)c3ccc(c(Cl)c3)Oc3cc2cc(c3O[C@@H]2O[C@H](CO)[C@@H](O)[C@H](O)[C@H]2O[C@H]2C[C@](C)(NCCN3CCN(NC(=O)Nc4cc(Cl)cc(Cl)c4)CC3)[C@H](O)[C@H](C)O2)Oc2ccc(cc2Cl)[C@H]1O. The molecule has 0 radical (unpaired) electrons. The fourth-order valence-electron chi connectivity index (χ4n) is 15.3.